The number of hydrogen-bond acceptors (Lipinski definition) is 5. The predicted octanol–water partition coefficient (Wildman–Crippen LogP) is 2.89. The fourth-order valence-corrected chi connectivity index (χ4v) is 5.24. The summed E-state index contributed by atoms with van der Waals surface area (Å²) in [4.78, 5) is 31.9. The van der Waals surface area contributed by atoms with Gasteiger partial charge in [-0.2, -0.15) is 5.10 Å². The van der Waals surface area contributed by atoms with Crippen molar-refractivity contribution in [3.05, 3.63) is 47.7 Å². The average molecular weight is 395 g/mol. The van der Waals surface area contributed by atoms with Gasteiger partial charge in [0.1, 0.15) is 5.56 Å². The van der Waals surface area contributed by atoms with E-state index in [0.717, 1.165) is 43.6 Å². The van der Waals surface area contributed by atoms with Gasteiger partial charge < -0.3 is 10.2 Å². The van der Waals surface area contributed by atoms with E-state index >= 15 is 0 Å². The molecule has 144 valence electrons. The molecule has 2 aliphatic rings. The first-order valence-corrected chi connectivity index (χ1v) is 10.5. The van der Waals surface area contributed by atoms with Crippen LogP contribution in [0.2, 0.25) is 0 Å². The molecule has 1 aliphatic carbocycles. The van der Waals surface area contributed by atoms with Crippen LogP contribution in [0.3, 0.4) is 0 Å². The van der Waals surface area contributed by atoms with E-state index in [2.05, 4.69) is 15.4 Å². The minimum absolute atomic E-state index is 0.0837. The lowest BCUT2D eigenvalue weighted by Gasteiger charge is -2.35. The van der Waals surface area contributed by atoms with Crippen LogP contribution in [-0.4, -0.2) is 39.0 Å². The highest BCUT2D eigenvalue weighted by Gasteiger charge is 2.49. The molecule has 4 heterocycles. The van der Waals surface area contributed by atoms with Gasteiger partial charge in [-0.3, -0.25) is 9.59 Å². The topological polar surface area (TPSA) is 79.6 Å². The molecule has 1 aliphatic heterocycles. The van der Waals surface area contributed by atoms with Gasteiger partial charge in [-0.15, -0.1) is 11.3 Å². The van der Waals surface area contributed by atoms with Crippen LogP contribution >= 0.6 is 11.3 Å². The number of amides is 2. The lowest BCUT2D eigenvalue weighted by Crippen LogP contribution is -2.43. The van der Waals surface area contributed by atoms with E-state index in [1.807, 2.05) is 22.4 Å². The average Bonchev–Trinajstić information content (AvgIpc) is 3.44. The van der Waals surface area contributed by atoms with Crippen LogP contribution in [0, 0.1) is 5.41 Å². The molecule has 2 fully saturated rings. The van der Waals surface area contributed by atoms with Crippen molar-refractivity contribution < 1.29 is 9.59 Å². The van der Waals surface area contributed by atoms with Crippen molar-refractivity contribution in [2.75, 3.05) is 11.4 Å². The maximum atomic E-state index is 13.1. The van der Waals surface area contributed by atoms with Gasteiger partial charge in [-0.1, -0.05) is 0 Å². The zero-order chi connectivity index (χ0) is 19.1. The molecule has 1 saturated carbocycles. The zero-order valence-electron chi connectivity index (χ0n) is 15.4. The maximum Gasteiger partial charge on any atom is 0.256 e. The lowest BCUT2D eigenvalue weighted by atomic mass is 9.71. The summed E-state index contributed by atoms with van der Waals surface area (Å²) in [6.45, 7) is 0.796. The quantitative estimate of drug-likeness (QED) is 0.740. The molecule has 8 heteroatoms. The third-order valence-electron chi connectivity index (χ3n) is 6.09. The number of carbonyl (C=O) groups excluding carboxylic acids is 2. The summed E-state index contributed by atoms with van der Waals surface area (Å²) in [5, 5.41) is 10.3. The zero-order valence-corrected chi connectivity index (χ0v) is 16.2. The van der Waals surface area contributed by atoms with E-state index in [4.69, 9.17) is 0 Å². The molecule has 28 heavy (non-hydrogen) atoms. The number of carbonyl (C=O) groups is 2. The van der Waals surface area contributed by atoms with Crippen LogP contribution in [0.4, 0.5) is 5.00 Å². The second kappa shape index (κ2) is 6.70. The Balaban J connectivity index is 1.24. The van der Waals surface area contributed by atoms with Gasteiger partial charge in [-0.05, 0) is 55.7 Å². The standard InChI is InChI=1S/C20H21N5O2S/c26-18(15-13-22-25-10-2-9-21-17(15)25)23-14-4-6-20(7-5-14)8-11-24(19(20)27)16-3-1-12-28-16/h1-3,9-10,12-14H,4-8,11H2,(H,23,26). The summed E-state index contributed by atoms with van der Waals surface area (Å²) in [5.74, 6) is 0.110. The third kappa shape index (κ3) is 2.79. The Morgan fingerprint density at radius 1 is 1.25 bits per heavy atom. The summed E-state index contributed by atoms with van der Waals surface area (Å²) in [6.07, 6.45) is 9.18. The normalized spacial score (nSPS) is 24.9. The van der Waals surface area contributed by atoms with Crippen molar-refractivity contribution in [2.24, 2.45) is 5.41 Å². The first kappa shape index (κ1) is 17.4. The lowest BCUT2D eigenvalue weighted by molar-refractivity contribution is -0.127. The van der Waals surface area contributed by atoms with E-state index < -0.39 is 0 Å². The van der Waals surface area contributed by atoms with Crippen LogP contribution in [0.15, 0.2) is 42.2 Å². The fourth-order valence-electron chi connectivity index (χ4n) is 4.48. The van der Waals surface area contributed by atoms with Gasteiger partial charge >= 0.3 is 0 Å². The van der Waals surface area contributed by atoms with E-state index in [0.29, 0.717) is 11.2 Å². The molecule has 5 rings (SSSR count). The summed E-state index contributed by atoms with van der Waals surface area (Å²) >= 11 is 1.61. The van der Waals surface area contributed by atoms with Crippen molar-refractivity contribution in [1.82, 2.24) is 19.9 Å². The highest BCUT2D eigenvalue weighted by molar-refractivity contribution is 7.14. The van der Waals surface area contributed by atoms with Crippen molar-refractivity contribution >= 4 is 33.8 Å². The van der Waals surface area contributed by atoms with Crippen LogP contribution in [0.25, 0.3) is 5.65 Å². The smallest absolute Gasteiger partial charge is 0.256 e. The number of thiophene rings is 1. The molecule has 7 nitrogen and oxygen atoms in total. The number of hydrogen-bond donors (Lipinski definition) is 1. The molecule has 1 saturated heterocycles. The summed E-state index contributed by atoms with van der Waals surface area (Å²) in [7, 11) is 0. The minimum Gasteiger partial charge on any atom is -0.349 e. The monoisotopic (exact) mass is 395 g/mol. The Morgan fingerprint density at radius 3 is 2.89 bits per heavy atom. The van der Waals surface area contributed by atoms with E-state index in [1.54, 1.807) is 40.5 Å². The molecule has 0 bridgehead atoms. The molecular formula is C20H21N5O2S. The minimum atomic E-state index is -0.253. The largest absolute Gasteiger partial charge is 0.349 e. The molecule has 1 N–H and O–H groups in total. The number of aromatic nitrogens is 3. The van der Waals surface area contributed by atoms with E-state index in [9.17, 15) is 9.59 Å². The SMILES string of the molecule is O=C(NC1CCC2(CC1)CCN(c1cccs1)C2=O)c1cnn2cccnc12. The Hall–Kier alpha value is -2.74. The fraction of sp³-hybridized carbons (Fsp3) is 0.400. The Morgan fingerprint density at radius 2 is 2.11 bits per heavy atom. The summed E-state index contributed by atoms with van der Waals surface area (Å²) in [6, 6.07) is 5.86. The molecule has 3 aromatic rings. The van der Waals surface area contributed by atoms with Crippen molar-refractivity contribution in [2.45, 2.75) is 38.1 Å². The van der Waals surface area contributed by atoms with Crippen LogP contribution in [0.5, 0.6) is 0 Å². The Bertz CT molecular complexity index is 1020. The Kier molecular flexibility index (Phi) is 4.16. The molecule has 0 aromatic carbocycles. The molecule has 0 radical (unpaired) electrons. The molecule has 0 unspecified atom stereocenters. The molecule has 1 spiro atoms. The van der Waals surface area contributed by atoms with Gasteiger partial charge in [0.15, 0.2) is 5.65 Å². The number of nitrogens with one attached hydrogen (secondary N) is 1. The number of anilines is 1. The number of nitrogens with zero attached hydrogens (tertiary/aromatic N) is 4. The van der Waals surface area contributed by atoms with Gasteiger partial charge in [0.25, 0.3) is 5.91 Å². The maximum absolute atomic E-state index is 13.1. The van der Waals surface area contributed by atoms with Gasteiger partial charge in [0.2, 0.25) is 5.91 Å². The van der Waals surface area contributed by atoms with E-state index in [-0.39, 0.29) is 23.3 Å². The molecule has 2 amide bonds. The number of fused-ring (bicyclic) bond motifs is 1. The number of rotatable bonds is 3. The summed E-state index contributed by atoms with van der Waals surface area (Å²) < 4.78 is 1.60. The first-order valence-electron chi connectivity index (χ1n) is 9.61. The molecule has 3 aromatic heterocycles. The highest BCUT2D eigenvalue weighted by Crippen LogP contribution is 2.46. The van der Waals surface area contributed by atoms with Gasteiger partial charge in [-0.25, -0.2) is 9.50 Å². The van der Waals surface area contributed by atoms with Crippen molar-refractivity contribution in [3.63, 3.8) is 0 Å². The third-order valence-corrected chi connectivity index (χ3v) is 6.98. The van der Waals surface area contributed by atoms with Crippen molar-refractivity contribution in [3.8, 4) is 0 Å². The summed E-state index contributed by atoms with van der Waals surface area (Å²) in [5.41, 5.74) is 0.795. The van der Waals surface area contributed by atoms with Gasteiger partial charge in [0, 0.05) is 25.0 Å². The first-order chi connectivity index (χ1) is 13.7. The van der Waals surface area contributed by atoms with Crippen LogP contribution < -0.4 is 10.2 Å². The Labute approximate surface area is 166 Å². The molecular weight excluding hydrogens is 374 g/mol. The van der Waals surface area contributed by atoms with Crippen molar-refractivity contribution in [1.29, 1.82) is 0 Å². The van der Waals surface area contributed by atoms with E-state index in [1.165, 1.54) is 0 Å². The highest BCUT2D eigenvalue weighted by atomic mass is 32.1. The predicted molar refractivity (Wildman–Crippen MR) is 106 cm³/mol. The molecule has 0 atom stereocenters. The van der Waals surface area contributed by atoms with Crippen LogP contribution in [0.1, 0.15) is 42.5 Å². The second-order valence-electron chi connectivity index (χ2n) is 7.63. The van der Waals surface area contributed by atoms with Gasteiger partial charge in [0.05, 0.1) is 16.6 Å². The van der Waals surface area contributed by atoms with Crippen LogP contribution in [-0.2, 0) is 4.79 Å². The second-order valence-corrected chi connectivity index (χ2v) is 8.56.